The third-order valence-electron chi connectivity index (χ3n) is 3.95. The quantitative estimate of drug-likeness (QED) is 0.866. The van der Waals surface area contributed by atoms with E-state index < -0.39 is 16.1 Å². The van der Waals surface area contributed by atoms with Crippen molar-refractivity contribution in [3.05, 3.63) is 71.5 Å². The summed E-state index contributed by atoms with van der Waals surface area (Å²) in [5.74, 6) is -0.330. The first-order valence-electron chi connectivity index (χ1n) is 7.34. The predicted octanol–water partition coefficient (Wildman–Crippen LogP) is 2.90. The molecule has 1 heterocycles. The van der Waals surface area contributed by atoms with Crippen molar-refractivity contribution >= 4 is 10.0 Å². The van der Waals surface area contributed by atoms with Gasteiger partial charge in [0.25, 0.3) is 0 Å². The molecule has 3 rings (SSSR count). The Labute approximate surface area is 135 Å². The highest BCUT2D eigenvalue weighted by atomic mass is 32.2. The Balaban J connectivity index is 1.92. The van der Waals surface area contributed by atoms with Gasteiger partial charge in [-0.1, -0.05) is 42.5 Å². The van der Waals surface area contributed by atoms with Gasteiger partial charge in [-0.15, -0.1) is 0 Å². The van der Waals surface area contributed by atoms with Gasteiger partial charge in [0.15, 0.2) is 0 Å². The summed E-state index contributed by atoms with van der Waals surface area (Å²) in [4.78, 5) is 0. The molecule has 0 amide bonds. The molecule has 1 aliphatic rings. The molecule has 6 heteroatoms. The summed E-state index contributed by atoms with van der Waals surface area (Å²) >= 11 is 0. The van der Waals surface area contributed by atoms with E-state index >= 15 is 0 Å². The summed E-state index contributed by atoms with van der Waals surface area (Å²) < 4.78 is 44.6. The topological polar surface area (TPSA) is 46.6 Å². The Morgan fingerprint density at radius 2 is 1.48 bits per heavy atom. The average molecular weight is 335 g/mol. The first-order chi connectivity index (χ1) is 10.9. The van der Waals surface area contributed by atoms with Crippen molar-refractivity contribution in [1.82, 2.24) is 4.31 Å². The van der Waals surface area contributed by atoms with Crippen LogP contribution in [-0.2, 0) is 14.8 Å². The highest BCUT2D eigenvalue weighted by Crippen LogP contribution is 2.33. The Morgan fingerprint density at radius 3 is 2.00 bits per heavy atom. The van der Waals surface area contributed by atoms with Crippen LogP contribution < -0.4 is 0 Å². The molecule has 4 nitrogen and oxygen atoms in total. The Bertz CT molecular complexity index is 762. The van der Waals surface area contributed by atoms with Crippen LogP contribution in [0.1, 0.15) is 23.3 Å². The Kier molecular flexibility index (Phi) is 4.48. The lowest BCUT2D eigenvalue weighted by atomic mass is 10.0. The van der Waals surface area contributed by atoms with E-state index in [4.69, 9.17) is 4.74 Å². The predicted molar refractivity (Wildman–Crippen MR) is 85.8 cm³/mol. The van der Waals surface area contributed by atoms with E-state index in [9.17, 15) is 12.8 Å². The van der Waals surface area contributed by atoms with E-state index in [1.807, 2.05) is 30.3 Å². The zero-order valence-electron chi connectivity index (χ0n) is 12.7. The van der Waals surface area contributed by atoms with E-state index in [0.29, 0.717) is 0 Å². The fourth-order valence-corrected chi connectivity index (χ4v) is 3.53. The van der Waals surface area contributed by atoms with E-state index in [1.54, 1.807) is 12.1 Å². The van der Waals surface area contributed by atoms with Crippen molar-refractivity contribution < 1.29 is 17.5 Å². The minimum Gasteiger partial charge on any atom is -0.363 e. The molecule has 0 unspecified atom stereocenters. The minimum absolute atomic E-state index is 0.230. The van der Waals surface area contributed by atoms with Gasteiger partial charge < -0.3 is 4.74 Å². The van der Waals surface area contributed by atoms with Crippen LogP contribution in [0.3, 0.4) is 0 Å². The van der Waals surface area contributed by atoms with Crippen LogP contribution >= 0.6 is 0 Å². The zero-order valence-corrected chi connectivity index (χ0v) is 13.5. The Hall–Kier alpha value is -1.76. The fraction of sp³-hybridized carbons (Fsp3) is 0.294. The number of benzene rings is 2. The molecule has 1 saturated heterocycles. The SMILES string of the molecule is CS(=O)(=O)N1C[C@@H](c2ccccc2)O[C@@H](c2ccc(F)cc2)C1. The highest BCUT2D eigenvalue weighted by molar-refractivity contribution is 7.88. The molecule has 0 saturated carbocycles. The number of nitrogens with zero attached hydrogens (tertiary/aromatic N) is 1. The molecular weight excluding hydrogens is 317 g/mol. The van der Waals surface area contributed by atoms with Gasteiger partial charge in [0, 0.05) is 13.1 Å². The van der Waals surface area contributed by atoms with E-state index in [1.165, 1.54) is 22.7 Å². The van der Waals surface area contributed by atoms with Gasteiger partial charge in [0.1, 0.15) is 5.82 Å². The molecule has 0 spiro atoms. The third kappa shape index (κ3) is 3.77. The summed E-state index contributed by atoms with van der Waals surface area (Å²) in [5.41, 5.74) is 1.69. The molecule has 0 bridgehead atoms. The first kappa shape index (κ1) is 16.1. The average Bonchev–Trinajstić information content (AvgIpc) is 2.55. The van der Waals surface area contributed by atoms with Gasteiger partial charge >= 0.3 is 0 Å². The van der Waals surface area contributed by atoms with Crippen LogP contribution in [0, 0.1) is 5.82 Å². The van der Waals surface area contributed by atoms with Crippen LogP contribution in [0.15, 0.2) is 54.6 Å². The number of ether oxygens (including phenoxy) is 1. The van der Waals surface area contributed by atoms with Crippen molar-refractivity contribution in [3.63, 3.8) is 0 Å². The largest absolute Gasteiger partial charge is 0.363 e. The lowest BCUT2D eigenvalue weighted by Gasteiger charge is -2.37. The summed E-state index contributed by atoms with van der Waals surface area (Å²) in [5, 5.41) is 0. The maximum atomic E-state index is 13.1. The monoisotopic (exact) mass is 335 g/mol. The van der Waals surface area contributed by atoms with Crippen molar-refractivity contribution in [2.75, 3.05) is 19.3 Å². The molecule has 0 aliphatic carbocycles. The van der Waals surface area contributed by atoms with E-state index in [0.717, 1.165) is 11.1 Å². The molecule has 2 atom stereocenters. The summed E-state index contributed by atoms with van der Waals surface area (Å²) in [6.45, 7) is 0.508. The lowest BCUT2D eigenvalue weighted by Crippen LogP contribution is -2.43. The van der Waals surface area contributed by atoms with Gasteiger partial charge in [0.2, 0.25) is 10.0 Å². The van der Waals surface area contributed by atoms with Crippen molar-refractivity contribution in [1.29, 1.82) is 0 Å². The molecule has 0 N–H and O–H groups in total. The summed E-state index contributed by atoms with van der Waals surface area (Å²) in [6.07, 6.45) is 0.418. The standard InChI is InChI=1S/C17H18FNO3S/c1-23(20,21)19-11-16(13-5-3-2-4-6-13)22-17(12-19)14-7-9-15(18)10-8-14/h2-10,16-17H,11-12H2,1H3/t16-,17+/m0/s1. The van der Waals surface area contributed by atoms with Crippen molar-refractivity contribution in [2.45, 2.75) is 12.2 Å². The van der Waals surface area contributed by atoms with Crippen molar-refractivity contribution in [2.24, 2.45) is 0 Å². The van der Waals surface area contributed by atoms with Gasteiger partial charge in [0.05, 0.1) is 18.5 Å². The van der Waals surface area contributed by atoms with Crippen LogP contribution in [-0.4, -0.2) is 32.1 Å². The second kappa shape index (κ2) is 6.39. The lowest BCUT2D eigenvalue weighted by molar-refractivity contribution is -0.0670. The van der Waals surface area contributed by atoms with Gasteiger partial charge in [-0.2, -0.15) is 4.31 Å². The molecule has 23 heavy (non-hydrogen) atoms. The van der Waals surface area contributed by atoms with E-state index in [-0.39, 0.29) is 25.0 Å². The number of morpholine rings is 1. The first-order valence-corrected chi connectivity index (χ1v) is 9.19. The summed E-state index contributed by atoms with van der Waals surface area (Å²) in [6, 6.07) is 15.5. The number of hydrogen-bond donors (Lipinski definition) is 0. The van der Waals surface area contributed by atoms with Gasteiger partial charge in [-0.3, -0.25) is 0 Å². The zero-order chi connectivity index (χ0) is 16.4. The van der Waals surface area contributed by atoms with Crippen molar-refractivity contribution in [3.8, 4) is 0 Å². The van der Waals surface area contributed by atoms with Gasteiger partial charge in [-0.25, -0.2) is 12.8 Å². The number of halogens is 1. The second-order valence-corrected chi connectivity index (χ2v) is 7.64. The third-order valence-corrected chi connectivity index (χ3v) is 5.19. The number of rotatable bonds is 3. The van der Waals surface area contributed by atoms with E-state index in [2.05, 4.69) is 0 Å². The maximum Gasteiger partial charge on any atom is 0.211 e. The fourth-order valence-electron chi connectivity index (χ4n) is 2.71. The second-order valence-electron chi connectivity index (χ2n) is 5.66. The maximum absolute atomic E-state index is 13.1. The van der Waals surface area contributed by atoms with Gasteiger partial charge in [-0.05, 0) is 23.3 Å². The highest BCUT2D eigenvalue weighted by Gasteiger charge is 2.34. The number of hydrogen-bond acceptors (Lipinski definition) is 3. The number of sulfonamides is 1. The van der Waals surface area contributed by atoms with Crippen LogP contribution in [0.25, 0.3) is 0 Å². The Morgan fingerprint density at radius 1 is 0.957 bits per heavy atom. The van der Waals surface area contributed by atoms with Crippen LogP contribution in [0.2, 0.25) is 0 Å². The summed E-state index contributed by atoms with van der Waals surface area (Å²) in [7, 11) is -3.34. The molecule has 1 aliphatic heterocycles. The minimum atomic E-state index is -3.34. The molecule has 2 aromatic carbocycles. The molecular formula is C17H18FNO3S. The molecule has 1 fully saturated rings. The molecule has 2 aromatic rings. The normalized spacial score (nSPS) is 22.9. The van der Waals surface area contributed by atoms with Crippen LogP contribution in [0.4, 0.5) is 4.39 Å². The smallest absolute Gasteiger partial charge is 0.211 e. The van der Waals surface area contributed by atoms with Crippen LogP contribution in [0.5, 0.6) is 0 Å². The molecule has 122 valence electrons. The molecule has 0 radical (unpaired) electrons. The molecule has 0 aromatic heterocycles.